The lowest BCUT2D eigenvalue weighted by Gasteiger charge is -2.50. The van der Waals surface area contributed by atoms with E-state index in [1.807, 2.05) is 0 Å². The van der Waals surface area contributed by atoms with E-state index in [1.54, 1.807) is 0 Å². The highest BCUT2D eigenvalue weighted by molar-refractivity contribution is 4.92. The van der Waals surface area contributed by atoms with Crippen molar-refractivity contribution in [2.24, 2.45) is 11.8 Å². The maximum absolute atomic E-state index is 5.56. The van der Waals surface area contributed by atoms with Gasteiger partial charge in [-0.25, -0.2) is 0 Å². The number of hydrogen-bond acceptors (Lipinski definition) is 1. The first-order valence-electron chi connectivity index (χ1n) is 3.93. The molecule has 0 aromatic rings. The predicted octanol–water partition coefficient (Wildman–Crippen LogP) is 1.82. The van der Waals surface area contributed by atoms with Gasteiger partial charge < -0.3 is 4.74 Å². The fourth-order valence-corrected chi connectivity index (χ4v) is 2.05. The maximum atomic E-state index is 5.56. The lowest BCUT2D eigenvalue weighted by Crippen LogP contribution is -2.52. The highest BCUT2D eigenvalue weighted by Gasteiger charge is 2.44. The number of hydrogen-bond donors (Lipinski definition) is 0. The van der Waals surface area contributed by atoms with Crippen molar-refractivity contribution in [3.8, 4) is 0 Å². The van der Waals surface area contributed by atoms with Crippen LogP contribution in [0.25, 0.3) is 0 Å². The molecule has 3 rings (SSSR count). The molecule has 3 aliphatic rings. The minimum atomic E-state index is 0.624. The van der Waals surface area contributed by atoms with Crippen LogP contribution in [-0.4, -0.2) is 12.2 Å². The highest BCUT2D eigenvalue weighted by Crippen LogP contribution is 2.42. The Bertz CT molecular complexity index is 110. The van der Waals surface area contributed by atoms with Gasteiger partial charge in [-0.05, 0) is 18.8 Å². The van der Waals surface area contributed by atoms with Crippen molar-refractivity contribution in [3.05, 3.63) is 0 Å². The van der Waals surface area contributed by atoms with E-state index in [-0.39, 0.29) is 0 Å². The third kappa shape index (κ3) is 0.710. The standard InChI is InChI=1S/C8H14O/c1-5-3-7-6(2)8(4-5)9-7/h5-8H,3-4H2,1-2H3. The largest absolute Gasteiger partial charge is 0.374 e. The molecule has 3 fully saturated rings. The Labute approximate surface area is 56.4 Å². The van der Waals surface area contributed by atoms with Crippen LogP contribution in [0, 0.1) is 11.8 Å². The molecule has 1 heteroatoms. The van der Waals surface area contributed by atoms with E-state index in [2.05, 4.69) is 13.8 Å². The second-order valence-electron chi connectivity index (χ2n) is 3.65. The van der Waals surface area contributed by atoms with Gasteiger partial charge in [0.05, 0.1) is 12.2 Å². The molecule has 0 aromatic carbocycles. The Morgan fingerprint density at radius 2 is 1.67 bits per heavy atom. The van der Waals surface area contributed by atoms with E-state index >= 15 is 0 Å². The van der Waals surface area contributed by atoms with E-state index in [9.17, 15) is 0 Å². The Hall–Kier alpha value is -0.0400. The quantitative estimate of drug-likeness (QED) is 0.481. The minimum absolute atomic E-state index is 0.624. The zero-order valence-corrected chi connectivity index (χ0v) is 6.13. The summed E-state index contributed by atoms with van der Waals surface area (Å²) in [5.41, 5.74) is 0. The van der Waals surface area contributed by atoms with Crippen molar-refractivity contribution in [1.29, 1.82) is 0 Å². The Kier molecular flexibility index (Phi) is 1.10. The molecule has 0 spiro atoms. The van der Waals surface area contributed by atoms with E-state index in [1.165, 1.54) is 12.8 Å². The lowest BCUT2D eigenvalue weighted by molar-refractivity contribution is -0.218. The summed E-state index contributed by atoms with van der Waals surface area (Å²) in [6.45, 7) is 4.64. The van der Waals surface area contributed by atoms with Gasteiger partial charge in [-0.1, -0.05) is 13.8 Å². The summed E-state index contributed by atoms with van der Waals surface area (Å²) in [5, 5.41) is 0. The fraction of sp³-hybridized carbons (Fsp3) is 1.00. The molecule has 9 heavy (non-hydrogen) atoms. The van der Waals surface area contributed by atoms with E-state index in [4.69, 9.17) is 4.74 Å². The third-order valence-corrected chi connectivity index (χ3v) is 2.79. The Morgan fingerprint density at radius 3 is 2.00 bits per heavy atom. The van der Waals surface area contributed by atoms with E-state index in [0.29, 0.717) is 12.2 Å². The SMILES string of the molecule is CC1CC2OC(C1)C2C. The summed E-state index contributed by atoms with van der Waals surface area (Å²) in [6.07, 6.45) is 3.85. The zero-order valence-electron chi connectivity index (χ0n) is 6.13. The van der Waals surface area contributed by atoms with Crippen LogP contribution in [0.2, 0.25) is 0 Å². The van der Waals surface area contributed by atoms with Gasteiger partial charge in [0.1, 0.15) is 0 Å². The molecule has 2 saturated heterocycles. The lowest BCUT2D eigenvalue weighted by atomic mass is 9.74. The molecule has 2 atom stereocenters. The number of rotatable bonds is 0. The highest BCUT2D eigenvalue weighted by atomic mass is 16.5. The fourth-order valence-electron chi connectivity index (χ4n) is 2.05. The molecule has 2 unspecified atom stereocenters. The Morgan fingerprint density at radius 1 is 1.11 bits per heavy atom. The molecule has 1 saturated carbocycles. The normalized spacial score (nSPS) is 56.7. The van der Waals surface area contributed by atoms with Crippen LogP contribution >= 0.6 is 0 Å². The van der Waals surface area contributed by atoms with Gasteiger partial charge in [0.15, 0.2) is 0 Å². The van der Waals surface area contributed by atoms with Gasteiger partial charge in [0, 0.05) is 5.92 Å². The van der Waals surface area contributed by atoms with Crippen LogP contribution < -0.4 is 0 Å². The smallest absolute Gasteiger partial charge is 0.0631 e. The van der Waals surface area contributed by atoms with Crippen molar-refractivity contribution < 1.29 is 4.74 Å². The second-order valence-corrected chi connectivity index (χ2v) is 3.65. The monoisotopic (exact) mass is 126 g/mol. The van der Waals surface area contributed by atoms with Crippen molar-refractivity contribution in [1.82, 2.24) is 0 Å². The number of ether oxygens (including phenoxy) is 1. The van der Waals surface area contributed by atoms with Crippen LogP contribution in [0.3, 0.4) is 0 Å². The van der Waals surface area contributed by atoms with Crippen molar-refractivity contribution in [2.75, 3.05) is 0 Å². The van der Waals surface area contributed by atoms with Crippen molar-refractivity contribution in [3.63, 3.8) is 0 Å². The summed E-state index contributed by atoms with van der Waals surface area (Å²) in [4.78, 5) is 0. The molecule has 0 amide bonds. The Balaban J connectivity index is 2.01. The topological polar surface area (TPSA) is 9.23 Å². The molecule has 0 aromatic heterocycles. The molecule has 2 bridgehead atoms. The second kappa shape index (κ2) is 1.72. The summed E-state index contributed by atoms with van der Waals surface area (Å²) in [6, 6.07) is 0. The first-order valence-corrected chi connectivity index (χ1v) is 3.93. The van der Waals surface area contributed by atoms with Crippen LogP contribution in [0.5, 0.6) is 0 Å². The predicted molar refractivity (Wildman–Crippen MR) is 36.2 cm³/mol. The van der Waals surface area contributed by atoms with Crippen molar-refractivity contribution in [2.45, 2.75) is 38.9 Å². The van der Waals surface area contributed by atoms with Gasteiger partial charge in [0.2, 0.25) is 0 Å². The first-order chi connectivity index (χ1) is 4.27. The molecule has 2 heterocycles. The van der Waals surface area contributed by atoms with Gasteiger partial charge in [-0.15, -0.1) is 0 Å². The van der Waals surface area contributed by atoms with Crippen LogP contribution in [0.4, 0.5) is 0 Å². The van der Waals surface area contributed by atoms with Crippen LogP contribution in [-0.2, 0) is 4.74 Å². The molecule has 0 radical (unpaired) electrons. The molecule has 2 aliphatic heterocycles. The van der Waals surface area contributed by atoms with Crippen molar-refractivity contribution >= 4 is 0 Å². The van der Waals surface area contributed by atoms with Gasteiger partial charge in [-0.3, -0.25) is 0 Å². The average Bonchev–Trinajstić information content (AvgIpc) is 1.87. The van der Waals surface area contributed by atoms with Crippen LogP contribution in [0.15, 0.2) is 0 Å². The zero-order chi connectivity index (χ0) is 6.43. The minimum Gasteiger partial charge on any atom is -0.374 e. The summed E-state index contributed by atoms with van der Waals surface area (Å²) < 4.78 is 5.56. The molecular formula is C8H14O. The summed E-state index contributed by atoms with van der Waals surface area (Å²) in [5.74, 6) is 1.78. The molecule has 0 N–H and O–H groups in total. The van der Waals surface area contributed by atoms with Gasteiger partial charge >= 0.3 is 0 Å². The number of fused-ring (bicyclic) bond motifs is 2. The van der Waals surface area contributed by atoms with E-state index in [0.717, 1.165) is 11.8 Å². The van der Waals surface area contributed by atoms with Gasteiger partial charge in [0.25, 0.3) is 0 Å². The third-order valence-electron chi connectivity index (χ3n) is 2.79. The average molecular weight is 126 g/mol. The molecule has 52 valence electrons. The summed E-state index contributed by atoms with van der Waals surface area (Å²) >= 11 is 0. The molecule has 1 aliphatic carbocycles. The molecular weight excluding hydrogens is 112 g/mol. The first kappa shape index (κ1) is 5.72. The van der Waals surface area contributed by atoms with Gasteiger partial charge in [-0.2, -0.15) is 0 Å². The molecule has 1 nitrogen and oxygen atoms in total. The summed E-state index contributed by atoms with van der Waals surface area (Å²) in [7, 11) is 0. The maximum Gasteiger partial charge on any atom is 0.0631 e. The van der Waals surface area contributed by atoms with Crippen LogP contribution in [0.1, 0.15) is 26.7 Å². The van der Waals surface area contributed by atoms with E-state index < -0.39 is 0 Å².